The zero-order chi connectivity index (χ0) is 24.4. The summed E-state index contributed by atoms with van der Waals surface area (Å²) in [6, 6.07) is 22.0. The lowest BCUT2D eigenvalue weighted by atomic mass is 10.1. The number of aryl methyl sites for hydroxylation is 1. The highest BCUT2D eigenvalue weighted by Crippen LogP contribution is 2.33. The summed E-state index contributed by atoms with van der Waals surface area (Å²) in [7, 11) is 1.99. The monoisotopic (exact) mass is 488 g/mol. The van der Waals surface area contributed by atoms with E-state index in [1.54, 1.807) is 0 Å². The van der Waals surface area contributed by atoms with E-state index in [0.29, 0.717) is 19.6 Å². The molecule has 7 heteroatoms. The zero-order valence-corrected chi connectivity index (χ0v) is 20.7. The van der Waals surface area contributed by atoms with Crippen molar-refractivity contribution in [1.82, 2.24) is 19.7 Å². The van der Waals surface area contributed by atoms with Gasteiger partial charge in [0.25, 0.3) is 0 Å². The van der Waals surface area contributed by atoms with Crippen molar-refractivity contribution in [1.29, 1.82) is 0 Å². The molecule has 3 aromatic carbocycles. The SMILES string of the molecule is Cc1nn(Cc2ccccc2Cl)cc1CN(C)CC(O)COc1cccc2[nH]c3ccccc3c12. The lowest BCUT2D eigenvalue weighted by Gasteiger charge is -2.20. The van der Waals surface area contributed by atoms with Gasteiger partial charge in [-0.3, -0.25) is 9.58 Å². The lowest BCUT2D eigenvalue weighted by Crippen LogP contribution is -2.32. The third-order valence-corrected chi connectivity index (χ3v) is 6.59. The molecular weight excluding hydrogens is 460 g/mol. The van der Waals surface area contributed by atoms with Gasteiger partial charge in [-0.25, -0.2) is 0 Å². The second-order valence-corrected chi connectivity index (χ2v) is 9.45. The smallest absolute Gasteiger partial charge is 0.129 e. The van der Waals surface area contributed by atoms with Gasteiger partial charge in [-0.15, -0.1) is 0 Å². The number of H-pyrrole nitrogens is 1. The van der Waals surface area contributed by atoms with Crippen LogP contribution < -0.4 is 4.74 Å². The van der Waals surface area contributed by atoms with Gasteiger partial charge in [-0.2, -0.15) is 5.10 Å². The number of fused-ring (bicyclic) bond motifs is 3. The number of nitrogens with one attached hydrogen (secondary N) is 1. The van der Waals surface area contributed by atoms with Gasteiger partial charge in [0.2, 0.25) is 0 Å². The summed E-state index contributed by atoms with van der Waals surface area (Å²) < 4.78 is 8.00. The normalized spacial score (nSPS) is 12.6. The predicted octanol–water partition coefficient (Wildman–Crippen LogP) is 5.40. The van der Waals surface area contributed by atoms with Crippen molar-refractivity contribution in [3.05, 3.63) is 94.8 Å². The first-order valence-corrected chi connectivity index (χ1v) is 12.1. The van der Waals surface area contributed by atoms with Crippen LogP contribution in [0.15, 0.2) is 72.9 Å². The fourth-order valence-corrected chi connectivity index (χ4v) is 4.73. The minimum atomic E-state index is -0.626. The molecule has 6 nitrogen and oxygen atoms in total. The van der Waals surface area contributed by atoms with Crippen molar-refractivity contribution < 1.29 is 9.84 Å². The van der Waals surface area contributed by atoms with E-state index in [0.717, 1.165) is 49.4 Å². The molecular formula is C28H29ClN4O2. The molecule has 0 aliphatic carbocycles. The Kier molecular flexibility index (Phi) is 6.77. The van der Waals surface area contributed by atoms with Gasteiger partial charge in [0.1, 0.15) is 18.5 Å². The summed E-state index contributed by atoms with van der Waals surface area (Å²) in [4.78, 5) is 5.51. The molecule has 0 saturated heterocycles. The van der Waals surface area contributed by atoms with Crippen LogP contribution in [0.3, 0.4) is 0 Å². The van der Waals surface area contributed by atoms with E-state index in [4.69, 9.17) is 16.3 Å². The highest BCUT2D eigenvalue weighted by atomic mass is 35.5. The number of rotatable bonds is 9. The summed E-state index contributed by atoms with van der Waals surface area (Å²) in [5, 5.41) is 18.2. The Morgan fingerprint density at radius 1 is 1.03 bits per heavy atom. The van der Waals surface area contributed by atoms with Crippen molar-refractivity contribution in [2.75, 3.05) is 20.2 Å². The van der Waals surface area contributed by atoms with E-state index in [9.17, 15) is 5.11 Å². The van der Waals surface area contributed by atoms with Crippen LogP contribution in [0.1, 0.15) is 16.8 Å². The maximum absolute atomic E-state index is 10.7. The number of benzene rings is 3. The molecule has 0 radical (unpaired) electrons. The summed E-state index contributed by atoms with van der Waals surface area (Å²) >= 11 is 6.30. The molecule has 2 aromatic heterocycles. The molecule has 0 saturated carbocycles. The Labute approximate surface area is 209 Å². The molecule has 35 heavy (non-hydrogen) atoms. The number of hydrogen-bond donors (Lipinski definition) is 2. The molecule has 5 rings (SSSR count). The Morgan fingerprint density at radius 2 is 1.80 bits per heavy atom. The second kappa shape index (κ2) is 10.1. The number of aromatic nitrogens is 3. The van der Waals surface area contributed by atoms with E-state index < -0.39 is 6.10 Å². The van der Waals surface area contributed by atoms with Crippen LogP contribution >= 0.6 is 11.6 Å². The lowest BCUT2D eigenvalue weighted by molar-refractivity contribution is 0.0749. The van der Waals surface area contributed by atoms with Crippen LogP contribution in [-0.2, 0) is 13.1 Å². The van der Waals surface area contributed by atoms with Crippen molar-refractivity contribution >= 4 is 33.4 Å². The fraction of sp³-hybridized carbons (Fsp3) is 0.250. The molecule has 2 heterocycles. The Hall–Kier alpha value is -3.32. The van der Waals surface area contributed by atoms with Gasteiger partial charge in [-0.05, 0) is 43.8 Å². The molecule has 180 valence electrons. The van der Waals surface area contributed by atoms with Gasteiger partial charge in [0, 0.05) is 46.2 Å². The average molecular weight is 489 g/mol. The third-order valence-electron chi connectivity index (χ3n) is 6.22. The topological polar surface area (TPSA) is 66.3 Å². The molecule has 1 atom stereocenters. The second-order valence-electron chi connectivity index (χ2n) is 9.04. The molecule has 0 aliphatic rings. The van der Waals surface area contributed by atoms with Crippen LogP contribution in [0.4, 0.5) is 0 Å². The highest BCUT2D eigenvalue weighted by Gasteiger charge is 2.15. The van der Waals surface area contributed by atoms with Crippen molar-refractivity contribution in [2.45, 2.75) is 26.1 Å². The number of aliphatic hydroxyl groups is 1. The van der Waals surface area contributed by atoms with Crippen LogP contribution in [0.25, 0.3) is 21.8 Å². The fourth-order valence-electron chi connectivity index (χ4n) is 4.54. The van der Waals surface area contributed by atoms with E-state index in [2.05, 4.69) is 33.3 Å². The highest BCUT2D eigenvalue weighted by molar-refractivity contribution is 6.31. The first kappa shape index (κ1) is 23.4. The standard InChI is InChI=1S/C28H29ClN4O2/c1-19-21(16-33(31-19)15-20-8-3-5-10-24(20)29)14-32(2)17-22(34)18-35-27-13-7-12-26-28(27)23-9-4-6-11-25(23)30-26/h3-13,16,22,30,34H,14-15,17-18H2,1-2H3. The molecule has 0 fully saturated rings. The van der Waals surface area contributed by atoms with Crippen molar-refractivity contribution in [3.63, 3.8) is 0 Å². The number of likely N-dealkylation sites (N-methyl/N-ethyl adjacent to an activating group) is 1. The number of nitrogens with zero attached hydrogens (tertiary/aromatic N) is 3. The summed E-state index contributed by atoms with van der Waals surface area (Å²) in [5.74, 6) is 0.776. The molecule has 0 amide bonds. The average Bonchev–Trinajstić information content (AvgIpc) is 3.39. The van der Waals surface area contributed by atoms with Crippen LogP contribution in [0.2, 0.25) is 5.02 Å². The van der Waals surface area contributed by atoms with Crippen molar-refractivity contribution in [3.8, 4) is 5.75 Å². The Balaban J connectivity index is 1.20. The summed E-state index contributed by atoms with van der Waals surface area (Å²) in [6.07, 6.45) is 1.43. The summed E-state index contributed by atoms with van der Waals surface area (Å²) in [5.41, 5.74) is 5.23. The zero-order valence-electron chi connectivity index (χ0n) is 19.9. The molecule has 5 aromatic rings. The van der Waals surface area contributed by atoms with Gasteiger partial charge in [0.05, 0.1) is 17.8 Å². The Morgan fingerprint density at radius 3 is 2.66 bits per heavy atom. The Bertz CT molecular complexity index is 1460. The number of para-hydroxylation sites is 1. The maximum atomic E-state index is 10.7. The maximum Gasteiger partial charge on any atom is 0.129 e. The summed E-state index contributed by atoms with van der Waals surface area (Å²) in [6.45, 7) is 4.02. The van der Waals surface area contributed by atoms with Crippen LogP contribution in [0.5, 0.6) is 5.75 Å². The first-order valence-electron chi connectivity index (χ1n) is 11.7. The molecule has 0 aliphatic heterocycles. The van der Waals surface area contributed by atoms with E-state index in [1.165, 1.54) is 0 Å². The minimum absolute atomic E-state index is 0.216. The van der Waals surface area contributed by atoms with E-state index in [1.807, 2.05) is 73.3 Å². The molecule has 0 bridgehead atoms. The molecule has 1 unspecified atom stereocenters. The van der Waals surface area contributed by atoms with E-state index in [-0.39, 0.29) is 6.61 Å². The minimum Gasteiger partial charge on any atom is -0.490 e. The number of aliphatic hydroxyl groups excluding tert-OH is 1. The molecule has 2 N–H and O–H groups in total. The largest absolute Gasteiger partial charge is 0.490 e. The molecule has 0 spiro atoms. The van der Waals surface area contributed by atoms with Crippen LogP contribution in [-0.4, -0.2) is 51.1 Å². The van der Waals surface area contributed by atoms with Crippen LogP contribution in [0, 0.1) is 6.92 Å². The first-order chi connectivity index (χ1) is 17.0. The van der Waals surface area contributed by atoms with Gasteiger partial charge < -0.3 is 14.8 Å². The quantitative estimate of drug-likeness (QED) is 0.291. The predicted molar refractivity (Wildman–Crippen MR) is 141 cm³/mol. The van der Waals surface area contributed by atoms with Gasteiger partial charge in [-0.1, -0.05) is 54.1 Å². The van der Waals surface area contributed by atoms with E-state index >= 15 is 0 Å². The number of hydrogen-bond acceptors (Lipinski definition) is 4. The number of ether oxygens (including phenoxy) is 1. The van der Waals surface area contributed by atoms with Crippen molar-refractivity contribution in [2.24, 2.45) is 0 Å². The third kappa shape index (κ3) is 5.20. The van der Waals surface area contributed by atoms with Gasteiger partial charge >= 0.3 is 0 Å². The number of aromatic amines is 1. The number of halogens is 1. The van der Waals surface area contributed by atoms with Gasteiger partial charge in [0.15, 0.2) is 0 Å².